The molecule has 173 valence electrons. The summed E-state index contributed by atoms with van der Waals surface area (Å²) in [4.78, 5) is 0. The summed E-state index contributed by atoms with van der Waals surface area (Å²) in [6, 6.07) is 4.33. The molecule has 0 aliphatic heterocycles. The Morgan fingerprint density at radius 2 is 1.07 bits per heavy atom. The van der Waals surface area contributed by atoms with E-state index in [-0.39, 0.29) is 16.1 Å². The molecule has 1 atom stereocenters. The maximum atomic E-state index is 10.9. The van der Waals surface area contributed by atoms with Crippen molar-refractivity contribution in [2.24, 2.45) is 0 Å². The van der Waals surface area contributed by atoms with Crippen LogP contribution in [-0.2, 0) is 10.8 Å². The first kappa shape index (κ1) is 27.4. The molecular weight excluding hydrogens is 384 g/mol. The van der Waals surface area contributed by atoms with E-state index in [9.17, 15) is 5.11 Å². The van der Waals surface area contributed by atoms with Crippen molar-refractivity contribution in [3.8, 4) is 5.75 Å². The average molecular weight is 434 g/mol. The predicted octanol–water partition coefficient (Wildman–Crippen LogP) is 9.93. The van der Waals surface area contributed by atoms with E-state index in [2.05, 4.69) is 60.6 Å². The van der Waals surface area contributed by atoms with E-state index >= 15 is 0 Å². The van der Waals surface area contributed by atoms with E-state index in [1.54, 1.807) is 0 Å². The number of hydrogen-bond acceptors (Lipinski definition) is 1. The van der Waals surface area contributed by atoms with Gasteiger partial charge < -0.3 is 5.11 Å². The third-order valence-corrected chi connectivity index (χ3v) is 6.70. The molecule has 1 unspecified atom stereocenters. The monoisotopic (exact) mass is 433 g/mol. The van der Waals surface area contributed by atoms with Gasteiger partial charge in [0.1, 0.15) is 5.75 Å². The van der Waals surface area contributed by atoms with Gasteiger partial charge in [-0.15, -0.1) is 0 Å². The van der Waals surface area contributed by atoms with Crippen LogP contribution in [0.1, 0.15) is 147 Å². The number of phenolic OH excluding ortho intramolecular Hbond substituents is 1. The van der Waals surface area contributed by atoms with Crippen molar-refractivity contribution in [1.29, 1.82) is 0 Å². The summed E-state index contributed by atoms with van der Waals surface area (Å²) in [5, 5.41) is 11.0. The average Bonchev–Trinajstić information content (AvgIpc) is 2.64. The minimum atomic E-state index is -0.0916. The fourth-order valence-corrected chi connectivity index (χ4v) is 4.45. The summed E-state index contributed by atoms with van der Waals surface area (Å²) in [5.74, 6) is 0.454. The van der Waals surface area contributed by atoms with Crippen LogP contribution < -0.4 is 0 Å². The van der Waals surface area contributed by atoms with Gasteiger partial charge in [0.05, 0.1) is 0 Å². The molecule has 2 heteroatoms. The van der Waals surface area contributed by atoms with Crippen molar-refractivity contribution in [2.75, 3.05) is 0 Å². The van der Waals surface area contributed by atoms with Gasteiger partial charge in [-0.1, -0.05) is 144 Å². The minimum absolute atomic E-state index is 0.0916. The lowest BCUT2D eigenvalue weighted by Gasteiger charge is -2.29. The maximum Gasteiger partial charge on any atom is 0.123 e. The maximum absolute atomic E-state index is 10.9. The lowest BCUT2D eigenvalue weighted by Crippen LogP contribution is -2.18. The fraction of sp³-hybridized carbons (Fsp3) is 0.786. The van der Waals surface area contributed by atoms with Gasteiger partial charge >= 0.3 is 0 Å². The van der Waals surface area contributed by atoms with Gasteiger partial charge in [-0.05, 0) is 33.9 Å². The Morgan fingerprint density at radius 3 is 1.43 bits per heavy atom. The highest BCUT2D eigenvalue weighted by Gasteiger charge is 2.27. The molecule has 1 nitrogen and oxygen atoms in total. The Hall–Kier alpha value is -0.630. The minimum Gasteiger partial charge on any atom is -0.507 e. The van der Waals surface area contributed by atoms with Gasteiger partial charge in [-0.2, -0.15) is 0 Å². The first-order chi connectivity index (χ1) is 14.0. The SMILES string of the molecule is CCCCCCCCCCCCCC([S])c1cc(C(C)(C)C)c(O)c(C(C)(C)C)c1. The molecule has 30 heavy (non-hydrogen) atoms. The summed E-state index contributed by atoms with van der Waals surface area (Å²) < 4.78 is 0. The smallest absolute Gasteiger partial charge is 0.123 e. The van der Waals surface area contributed by atoms with E-state index in [0.717, 1.165) is 17.5 Å². The van der Waals surface area contributed by atoms with Crippen LogP contribution in [0.25, 0.3) is 0 Å². The lowest BCUT2D eigenvalue weighted by molar-refractivity contribution is 0.422. The molecule has 0 fully saturated rings. The van der Waals surface area contributed by atoms with Crippen molar-refractivity contribution < 1.29 is 5.11 Å². The standard InChI is InChI=1S/C28H49OS/c1-8-9-10-11-12-13-14-15-16-17-18-19-25(30)22-20-23(27(2,3)4)26(29)24(21-22)28(5,6)7/h20-21,25,29H,8-19H2,1-7H3. The second-order valence-electron chi connectivity index (χ2n) is 11.3. The van der Waals surface area contributed by atoms with E-state index in [1.165, 1.54) is 76.2 Å². The van der Waals surface area contributed by atoms with Gasteiger partial charge in [0.2, 0.25) is 0 Å². The molecule has 0 saturated carbocycles. The first-order valence-corrected chi connectivity index (χ1v) is 13.0. The van der Waals surface area contributed by atoms with Crippen molar-refractivity contribution in [1.82, 2.24) is 0 Å². The quantitative estimate of drug-likeness (QED) is 0.307. The number of phenols is 1. The van der Waals surface area contributed by atoms with Crippen LogP contribution in [0.15, 0.2) is 12.1 Å². The van der Waals surface area contributed by atoms with Gasteiger partial charge in [0.25, 0.3) is 0 Å². The Bertz CT molecular complexity index is 571. The van der Waals surface area contributed by atoms with E-state index < -0.39 is 0 Å². The zero-order valence-corrected chi connectivity index (χ0v) is 21.9. The zero-order chi connectivity index (χ0) is 22.8. The number of rotatable bonds is 13. The number of aromatic hydroxyl groups is 1. The van der Waals surface area contributed by atoms with Crippen molar-refractivity contribution in [2.45, 2.75) is 142 Å². The second kappa shape index (κ2) is 13.0. The van der Waals surface area contributed by atoms with Crippen LogP contribution in [0, 0.1) is 0 Å². The van der Waals surface area contributed by atoms with Crippen LogP contribution >= 0.6 is 12.6 Å². The third-order valence-electron chi connectivity index (χ3n) is 6.19. The molecule has 0 aliphatic rings. The highest BCUT2D eigenvalue weighted by molar-refractivity contribution is 7.80. The summed E-state index contributed by atoms with van der Waals surface area (Å²) in [5.41, 5.74) is 3.08. The van der Waals surface area contributed by atoms with Crippen LogP contribution in [0.2, 0.25) is 0 Å². The number of unbranched alkanes of at least 4 members (excludes halogenated alkanes) is 10. The normalized spacial score (nSPS) is 13.6. The highest BCUT2D eigenvalue weighted by atomic mass is 32.1. The van der Waals surface area contributed by atoms with Crippen molar-refractivity contribution >= 4 is 12.6 Å². The molecule has 0 aliphatic carbocycles. The summed E-state index contributed by atoms with van der Waals surface area (Å²) in [7, 11) is 0. The van der Waals surface area contributed by atoms with E-state index in [0.29, 0.717) is 5.75 Å². The highest BCUT2D eigenvalue weighted by Crippen LogP contribution is 2.42. The molecule has 0 spiro atoms. The largest absolute Gasteiger partial charge is 0.507 e. The van der Waals surface area contributed by atoms with Gasteiger partial charge in [0, 0.05) is 5.25 Å². The van der Waals surface area contributed by atoms with Crippen LogP contribution in [-0.4, -0.2) is 5.11 Å². The number of hydrogen-bond donors (Lipinski definition) is 1. The molecule has 1 aromatic rings. The molecule has 1 N–H and O–H groups in total. The van der Waals surface area contributed by atoms with Gasteiger partial charge in [-0.25, -0.2) is 0 Å². The molecule has 0 bridgehead atoms. The first-order valence-electron chi connectivity index (χ1n) is 12.5. The summed E-state index contributed by atoms with van der Waals surface area (Å²) >= 11 is 5.90. The van der Waals surface area contributed by atoms with Crippen molar-refractivity contribution in [3.05, 3.63) is 28.8 Å². The second-order valence-corrected chi connectivity index (χ2v) is 11.8. The van der Waals surface area contributed by atoms with Crippen molar-refractivity contribution in [3.63, 3.8) is 0 Å². The van der Waals surface area contributed by atoms with Crippen LogP contribution in [0.3, 0.4) is 0 Å². The molecule has 0 heterocycles. The number of benzene rings is 1. The van der Waals surface area contributed by atoms with Gasteiger partial charge in [-0.3, -0.25) is 0 Å². The molecule has 0 saturated heterocycles. The van der Waals surface area contributed by atoms with E-state index in [4.69, 9.17) is 12.6 Å². The Balaban J connectivity index is 2.51. The molecular formula is C28H49OS. The van der Waals surface area contributed by atoms with E-state index in [1.807, 2.05) is 0 Å². The summed E-state index contributed by atoms with van der Waals surface area (Å²) in [6.07, 6.45) is 16.1. The fourth-order valence-electron chi connectivity index (χ4n) is 4.15. The molecule has 0 aromatic heterocycles. The lowest BCUT2D eigenvalue weighted by atomic mass is 9.78. The molecule has 1 rings (SSSR count). The zero-order valence-electron chi connectivity index (χ0n) is 21.1. The molecule has 1 aromatic carbocycles. The molecule has 0 amide bonds. The Morgan fingerprint density at radius 1 is 0.700 bits per heavy atom. The molecule has 1 radical (unpaired) electrons. The Labute approximate surface area is 193 Å². The van der Waals surface area contributed by atoms with Gasteiger partial charge in [0.15, 0.2) is 0 Å². The Kier molecular flexibility index (Phi) is 11.9. The predicted molar refractivity (Wildman–Crippen MR) is 137 cm³/mol. The topological polar surface area (TPSA) is 20.2 Å². The van der Waals surface area contributed by atoms with Crippen LogP contribution in [0.5, 0.6) is 5.75 Å². The third kappa shape index (κ3) is 9.67. The van der Waals surface area contributed by atoms with Crippen LogP contribution in [0.4, 0.5) is 0 Å². The summed E-state index contributed by atoms with van der Waals surface area (Å²) in [6.45, 7) is 15.3.